The van der Waals surface area contributed by atoms with Crippen molar-refractivity contribution < 1.29 is 9.90 Å². The van der Waals surface area contributed by atoms with E-state index in [-0.39, 0.29) is 0 Å². The van der Waals surface area contributed by atoms with Crippen LogP contribution in [0.3, 0.4) is 0 Å². The molecule has 1 N–H and O–H groups in total. The molecule has 0 radical (unpaired) electrons. The molecule has 108 valence electrons. The van der Waals surface area contributed by atoms with Crippen molar-refractivity contribution in [3.8, 4) is 0 Å². The molecule has 0 spiro atoms. The summed E-state index contributed by atoms with van der Waals surface area (Å²) >= 11 is 0. The van der Waals surface area contributed by atoms with Gasteiger partial charge in [0.1, 0.15) is 0 Å². The first-order valence-corrected chi connectivity index (χ1v) is 7.10. The van der Waals surface area contributed by atoms with Crippen LogP contribution in [0.2, 0.25) is 0 Å². The van der Waals surface area contributed by atoms with Crippen LogP contribution in [0, 0.1) is 0 Å². The third-order valence-corrected chi connectivity index (χ3v) is 3.70. The Morgan fingerprint density at radius 3 is 2.55 bits per heavy atom. The molecule has 1 aromatic carbocycles. The van der Waals surface area contributed by atoms with Crippen LogP contribution in [-0.4, -0.2) is 49.2 Å². The Bertz CT molecular complexity index is 462. The molecule has 1 aliphatic rings. The van der Waals surface area contributed by atoms with Gasteiger partial charge in [-0.2, -0.15) is 0 Å². The third-order valence-electron chi connectivity index (χ3n) is 3.70. The molecule has 0 atom stereocenters. The van der Waals surface area contributed by atoms with Gasteiger partial charge in [0.15, 0.2) is 0 Å². The standard InChI is InChI=1S/C16H22N2O2/c1-17(12-13-18-10-2-3-11-18)15-7-4-14(5-8-15)6-9-16(19)20/h4-9H,2-3,10-13H2,1H3,(H,19,20). The fraction of sp³-hybridized carbons (Fsp3) is 0.438. The van der Waals surface area contributed by atoms with E-state index in [0.29, 0.717) is 0 Å². The van der Waals surface area contributed by atoms with Gasteiger partial charge in [-0.1, -0.05) is 12.1 Å². The zero-order valence-electron chi connectivity index (χ0n) is 12.0. The van der Waals surface area contributed by atoms with Gasteiger partial charge < -0.3 is 14.9 Å². The molecule has 0 aromatic heterocycles. The quantitative estimate of drug-likeness (QED) is 0.809. The molecule has 2 rings (SSSR count). The van der Waals surface area contributed by atoms with E-state index in [0.717, 1.165) is 30.4 Å². The zero-order valence-corrected chi connectivity index (χ0v) is 12.0. The normalized spacial score (nSPS) is 15.8. The highest BCUT2D eigenvalue weighted by Gasteiger charge is 2.11. The molecule has 0 saturated carbocycles. The van der Waals surface area contributed by atoms with Gasteiger partial charge in [0, 0.05) is 31.9 Å². The van der Waals surface area contributed by atoms with Crippen LogP contribution in [0.4, 0.5) is 5.69 Å². The number of carboxylic acid groups (broad SMARTS) is 1. The van der Waals surface area contributed by atoms with Crippen molar-refractivity contribution in [2.24, 2.45) is 0 Å². The maximum Gasteiger partial charge on any atom is 0.328 e. The Labute approximate surface area is 120 Å². The maximum absolute atomic E-state index is 10.5. The highest BCUT2D eigenvalue weighted by atomic mass is 16.4. The highest BCUT2D eigenvalue weighted by Crippen LogP contribution is 2.15. The Kier molecular flexibility index (Phi) is 5.18. The van der Waals surface area contributed by atoms with Gasteiger partial charge >= 0.3 is 5.97 Å². The summed E-state index contributed by atoms with van der Waals surface area (Å²) in [5.41, 5.74) is 2.07. The predicted molar refractivity (Wildman–Crippen MR) is 82.1 cm³/mol. The first kappa shape index (κ1) is 14.6. The lowest BCUT2D eigenvalue weighted by molar-refractivity contribution is -0.131. The molecule has 1 aliphatic heterocycles. The van der Waals surface area contributed by atoms with Crippen molar-refractivity contribution in [2.45, 2.75) is 12.8 Å². The topological polar surface area (TPSA) is 43.8 Å². The van der Waals surface area contributed by atoms with E-state index in [4.69, 9.17) is 5.11 Å². The number of nitrogens with zero attached hydrogens (tertiary/aromatic N) is 2. The minimum absolute atomic E-state index is 0.907. The molecule has 0 amide bonds. The molecule has 20 heavy (non-hydrogen) atoms. The molecule has 1 saturated heterocycles. The van der Waals surface area contributed by atoms with E-state index in [1.54, 1.807) is 6.08 Å². The van der Waals surface area contributed by atoms with Crippen molar-refractivity contribution in [3.05, 3.63) is 35.9 Å². The summed E-state index contributed by atoms with van der Waals surface area (Å²) in [6.07, 6.45) is 5.42. The Morgan fingerprint density at radius 1 is 1.30 bits per heavy atom. The predicted octanol–water partition coefficient (Wildman–Crippen LogP) is 2.32. The van der Waals surface area contributed by atoms with Crippen LogP contribution in [-0.2, 0) is 4.79 Å². The third kappa shape index (κ3) is 4.38. The molecule has 1 heterocycles. The average molecular weight is 274 g/mol. The molecule has 1 fully saturated rings. The van der Waals surface area contributed by atoms with Crippen LogP contribution in [0.15, 0.2) is 30.3 Å². The number of likely N-dealkylation sites (tertiary alicyclic amines) is 1. The van der Waals surface area contributed by atoms with Crippen molar-refractivity contribution in [1.29, 1.82) is 0 Å². The minimum Gasteiger partial charge on any atom is -0.478 e. The number of rotatable bonds is 6. The van der Waals surface area contributed by atoms with E-state index in [9.17, 15) is 4.79 Å². The Hall–Kier alpha value is -1.81. The lowest BCUT2D eigenvalue weighted by Crippen LogP contribution is -2.31. The molecular weight excluding hydrogens is 252 g/mol. The smallest absolute Gasteiger partial charge is 0.328 e. The van der Waals surface area contributed by atoms with Gasteiger partial charge in [0.25, 0.3) is 0 Å². The van der Waals surface area contributed by atoms with Gasteiger partial charge in [-0.15, -0.1) is 0 Å². The van der Waals surface area contributed by atoms with Crippen molar-refractivity contribution in [1.82, 2.24) is 4.90 Å². The second-order valence-electron chi connectivity index (χ2n) is 5.23. The fourth-order valence-electron chi connectivity index (χ4n) is 2.43. The average Bonchev–Trinajstić information content (AvgIpc) is 2.96. The molecule has 4 heteroatoms. The first-order valence-electron chi connectivity index (χ1n) is 7.10. The van der Waals surface area contributed by atoms with E-state index in [1.165, 1.54) is 25.9 Å². The van der Waals surface area contributed by atoms with Crippen LogP contribution < -0.4 is 4.90 Å². The second-order valence-corrected chi connectivity index (χ2v) is 5.23. The summed E-state index contributed by atoms with van der Waals surface area (Å²) in [5, 5.41) is 8.59. The summed E-state index contributed by atoms with van der Waals surface area (Å²) < 4.78 is 0. The number of aliphatic carboxylic acids is 1. The molecule has 4 nitrogen and oxygen atoms in total. The summed E-state index contributed by atoms with van der Waals surface area (Å²) in [7, 11) is 2.10. The van der Waals surface area contributed by atoms with Crippen molar-refractivity contribution in [2.75, 3.05) is 38.1 Å². The molecular formula is C16H22N2O2. The van der Waals surface area contributed by atoms with Crippen molar-refractivity contribution in [3.63, 3.8) is 0 Å². The molecule has 0 bridgehead atoms. The first-order chi connectivity index (χ1) is 9.65. The van der Waals surface area contributed by atoms with Gasteiger partial charge in [0.2, 0.25) is 0 Å². The SMILES string of the molecule is CN(CCN1CCCC1)c1ccc(C=CC(=O)O)cc1. The number of carbonyl (C=O) groups is 1. The number of anilines is 1. The maximum atomic E-state index is 10.5. The fourth-order valence-corrected chi connectivity index (χ4v) is 2.43. The van der Waals surface area contributed by atoms with Crippen LogP contribution in [0.1, 0.15) is 18.4 Å². The van der Waals surface area contributed by atoms with E-state index >= 15 is 0 Å². The summed E-state index contributed by atoms with van der Waals surface area (Å²) in [6.45, 7) is 4.58. The van der Waals surface area contributed by atoms with Gasteiger partial charge in [-0.05, 0) is 49.7 Å². The van der Waals surface area contributed by atoms with Gasteiger partial charge in [0.05, 0.1) is 0 Å². The molecule has 1 aromatic rings. The summed E-state index contributed by atoms with van der Waals surface area (Å²) in [6, 6.07) is 7.96. The van der Waals surface area contributed by atoms with Gasteiger partial charge in [-0.25, -0.2) is 4.79 Å². The van der Waals surface area contributed by atoms with Crippen LogP contribution in [0.25, 0.3) is 6.08 Å². The van der Waals surface area contributed by atoms with Crippen LogP contribution >= 0.6 is 0 Å². The zero-order chi connectivity index (χ0) is 14.4. The summed E-state index contributed by atoms with van der Waals surface area (Å²) in [5.74, 6) is -0.920. The number of hydrogen-bond donors (Lipinski definition) is 1. The van der Waals surface area contributed by atoms with Gasteiger partial charge in [-0.3, -0.25) is 0 Å². The summed E-state index contributed by atoms with van der Waals surface area (Å²) in [4.78, 5) is 15.2. The van der Waals surface area contributed by atoms with E-state index in [2.05, 4.69) is 16.8 Å². The Balaban J connectivity index is 1.86. The molecule has 0 aliphatic carbocycles. The van der Waals surface area contributed by atoms with E-state index in [1.807, 2.05) is 24.3 Å². The number of likely N-dealkylation sites (N-methyl/N-ethyl adjacent to an activating group) is 1. The van der Waals surface area contributed by atoms with Crippen LogP contribution in [0.5, 0.6) is 0 Å². The monoisotopic (exact) mass is 274 g/mol. The van der Waals surface area contributed by atoms with Crippen molar-refractivity contribution >= 4 is 17.7 Å². The highest BCUT2D eigenvalue weighted by molar-refractivity contribution is 5.85. The minimum atomic E-state index is -0.920. The number of benzene rings is 1. The molecule has 0 unspecified atom stereocenters. The van der Waals surface area contributed by atoms with E-state index < -0.39 is 5.97 Å². The Morgan fingerprint density at radius 2 is 1.95 bits per heavy atom. The number of hydrogen-bond acceptors (Lipinski definition) is 3. The largest absolute Gasteiger partial charge is 0.478 e. The lowest BCUT2D eigenvalue weighted by Gasteiger charge is -2.23. The second kappa shape index (κ2) is 7.10. The number of carboxylic acids is 1. The lowest BCUT2D eigenvalue weighted by atomic mass is 10.2.